The average molecular weight is 405 g/mol. The van der Waals surface area contributed by atoms with Gasteiger partial charge in [-0.25, -0.2) is 4.68 Å². The summed E-state index contributed by atoms with van der Waals surface area (Å²) in [5, 5.41) is 7.69. The summed E-state index contributed by atoms with van der Waals surface area (Å²) >= 11 is 0. The number of unbranched alkanes of at least 4 members (excludes halogenated alkanes) is 2. The number of aryl methyl sites for hydroxylation is 1. The van der Waals surface area contributed by atoms with Gasteiger partial charge in [0.2, 0.25) is 0 Å². The van der Waals surface area contributed by atoms with E-state index in [1.165, 1.54) is 7.11 Å². The van der Waals surface area contributed by atoms with Gasteiger partial charge in [-0.05, 0) is 38.0 Å². The van der Waals surface area contributed by atoms with Crippen LogP contribution in [0.3, 0.4) is 0 Å². The fourth-order valence-corrected chi connectivity index (χ4v) is 3.23. The summed E-state index contributed by atoms with van der Waals surface area (Å²) in [6, 6.07) is 17.7. The van der Waals surface area contributed by atoms with Crippen LogP contribution in [0.1, 0.15) is 41.6 Å². The van der Waals surface area contributed by atoms with Crippen molar-refractivity contribution < 1.29 is 14.3 Å². The molecule has 0 atom stereocenters. The summed E-state index contributed by atoms with van der Waals surface area (Å²) < 4.78 is 6.38. The molecule has 0 bridgehead atoms. The number of methoxy groups -OCH3 is 1. The number of carbonyl (C=O) groups excluding carboxylic acids is 2. The highest BCUT2D eigenvalue weighted by molar-refractivity contribution is 6.00. The van der Waals surface area contributed by atoms with E-state index in [2.05, 4.69) is 10.1 Å². The van der Waals surface area contributed by atoms with Gasteiger partial charge < -0.3 is 10.1 Å². The van der Waals surface area contributed by atoms with E-state index in [-0.39, 0.29) is 11.9 Å². The van der Waals surface area contributed by atoms with Crippen LogP contribution in [0, 0.1) is 6.92 Å². The molecule has 0 aliphatic carbocycles. The summed E-state index contributed by atoms with van der Waals surface area (Å²) in [6.45, 7) is 2.57. The Morgan fingerprint density at radius 1 is 1.03 bits per heavy atom. The molecule has 0 aliphatic rings. The third kappa shape index (κ3) is 5.56. The summed E-state index contributed by atoms with van der Waals surface area (Å²) in [5.41, 5.74) is 4.12. The van der Waals surface area contributed by atoms with Crippen LogP contribution in [0.4, 0.5) is 0 Å². The van der Waals surface area contributed by atoms with Crippen molar-refractivity contribution in [1.82, 2.24) is 15.1 Å². The molecule has 1 N–H and O–H groups in total. The smallest absolute Gasteiger partial charge is 0.305 e. The largest absolute Gasteiger partial charge is 0.469 e. The second kappa shape index (κ2) is 10.4. The lowest BCUT2D eigenvalue weighted by atomic mass is 10.1. The third-order valence-corrected chi connectivity index (χ3v) is 4.84. The summed E-state index contributed by atoms with van der Waals surface area (Å²) in [7, 11) is 1.39. The number of amides is 1. The van der Waals surface area contributed by atoms with E-state index >= 15 is 0 Å². The Balaban J connectivity index is 1.73. The van der Waals surface area contributed by atoms with Crippen molar-refractivity contribution in [3.8, 4) is 16.9 Å². The van der Waals surface area contributed by atoms with E-state index < -0.39 is 0 Å². The molecular weight excluding hydrogens is 378 g/mol. The Kier molecular flexibility index (Phi) is 7.38. The minimum atomic E-state index is -0.199. The van der Waals surface area contributed by atoms with Crippen molar-refractivity contribution in [3.05, 3.63) is 71.9 Å². The molecule has 0 radical (unpaired) electrons. The number of hydrogen-bond donors (Lipinski definition) is 1. The molecule has 0 unspecified atom stereocenters. The fourth-order valence-electron chi connectivity index (χ4n) is 3.23. The predicted molar refractivity (Wildman–Crippen MR) is 117 cm³/mol. The fraction of sp³-hybridized carbons (Fsp3) is 0.292. The first kappa shape index (κ1) is 21.3. The van der Waals surface area contributed by atoms with Gasteiger partial charge in [0, 0.05) is 24.7 Å². The van der Waals surface area contributed by atoms with Crippen LogP contribution >= 0.6 is 0 Å². The Bertz CT molecular complexity index is 996. The number of ether oxygens (including phenoxy) is 1. The number of benzene rings is 2. The van der Waals surface area contributed by atoms with Gasteiger partial charge in [0.1, 0.15) is 5.69 Å². The monoisotopic (exact) mass is 405 g/mol. The molecule has 1 amide bonds. The molecular formula is C24H27N3O3. The molecule has 3 rings (SSSR count). The van der Waals surface area contributed by atoms with Gasteiger partial charge in [-0.2, -0.15) is 5.10 Å². The van der Waals surface area contributed by atoms with Crippen molar-refractivity contribution in [2.75, 3.05) is 13.7 Å². The minimum Gasteiger partial charge on any atom is -0.469 e. The maximum absolute atomic E-state index is 12.9. The van der Waals surface area contributed by atoms with Crippen LogP contribution in [0.5, 0.6) is 0 Å². The van der Waals surface area contributed by atoms with Gasteiger partial charge in [0.05, 0.1) is 18.4 Å². The molecule has 0 saturated heterocycles. The third-order valence-electron chi connectivity index (χ3n) is 4.84. The molecule has 0 saturated carbocycles. The molecule has 1 aromatic heterocycles. The highest BCUT2D eigenvalue weighted by atomic mass is 16.5. The van der Waals surface area contributed by atoms with E-state index in [0.717, 1.165) is 36.1 Å². The lowest BCUT2D eigenvalue weighted by Crippen LogP contribution is -2.24. The Morgan fingerprint density at radius 3 is 2.57 bits per heavy atom. The first-order valence-electron chi connectivity index (χ1n) is 10.2. The van der Waals surface area contributed by atoms with Gasteiger partial charge in [0.25, 0.3) is 5.91 Å². The second-order valence-corrected chi connectivity index (χ2v) is 7.18. The summed E-state index contributed by atoms with van der Waals surface area (Å²) in [4.78, 5) is 24.1. The molecule has 6 heteroatoms. The second-order valence-electron chi connectivity index (χ2n) is 7.18. The van der Waals surface area contributed by atoms with E-state index in [1.54, 1.807) is 10.9 Å². The van der Waals surface area contributed by atoms with E-state index in [0.29, 0.717) is 24.2 Å². The van der Waals surface area contributed by atoms with Gasteiger partial charge in [0.15, 0.2) is 0 Å². The number of rotatable bonds is 9. The topological polar surface area (TPSA) is 73.2 Å². The van der Waals surface area contributed by atoms with Gasteiger partial charge >= 0.3 is 5.97 Å². The highest BCUT2D eigenvalue weighted by Gasteiger charge is 2.18. The first-order chi connectivity index (χ1) is 14.6. The highest BCUT2D eigenvalue weighted by Crippen LogP contribution is 2.24. The molecule has 0 aliphatic heterocycles. The van der Waals surface area contributed by atoms with Gasteiger partial charge in [-0.1, -0.05) is 48.4 Å². The predicted octanol–water partition coefficient (Wildman–Crippen LogP) is 4.31. The van der Waals surface area contributed by atoms with Crippen molar-refractivity contribution in [1.29, 1.82) is 0 Å². The van der Waals surface area contributed by atoms with Crippen molar-refractivity contribution in [3.63, 3.8) is 0 Å². The van der Waals surface area contributed by atoms with Gasteiger partial charge in [-0.15, -0.1) is 0 Å². The summed E-state index contributed by atoms with van der Waals surface area (Å²) in [6.07, 6.45) is 4.59. The van der Waals surface area contributed by atoms with Crippen LogP contribution < -0.4 is 5.32 Å². The lowest BCUT2D eigenvalue weighted by molar-refractivity contribution is -0.140. The molecule has 0 spiro atoms. The molecule has 30 heavy (non-hydrogen) atoms. The van der Waals surface area contributed by atoms with Crippen molar-refractivity contribution in [2.45, 2.75) is 32.6 Å². The first-order valence-corrected chi connectivity index (χ1v) is 10.2. The zero-order chi connectivity index (χ0) is 21.3. The molecule has 3 aromatic rings. The van der Waals surface area contributed by atoms with E-state index in [9.17, 15) is 9.59 Å². The minimum absolute atomic E-state index is 0.151. The van der Waals surface area contributed by atoms with E-state index in [1.807, 2.05) is 61.5 Å². The maximum atomic E-state index is 12.9. The molecule has 6 nitrogen and oxygen atoms in total. The molecule has 2 aromatic carbocycles. The normalized spacial score (nSPS) is 10.6. The maximum Gasteiger partial charge on any atom is 0.305 e. The Morgan fingerprint density at radius 2 is 1.83 bits per heavy atom. The molecule has 156 valence electrons. The number of aromatic nitrogens is 2. The Labute approximate surface area is 176 Å². The standard InChI is InChI=1S/C24H27N3O3/c1-18-10-9-11-19(16-18)23-21(17-27(26-23)20-12-5-3-6-13-20)24(29)25-15-8-4-7-14-22(28)30-2/h3,5-6,9-13,16-17H,4,7-8,14-15H2,1-2H3,(H,25,29). The van der Waals surface area contributed by atoms with Crippen LogP contribution in [0.25, 0.3) is 16.9 Å². The van der Waals surface area contributed by atoms with Crippen molar-refractivity contribution in [2.24, 2.45) is 0 Å². The zero-order valence-electron chi connectivity index (χ0n) is 17.4. The molecule has 0 fully saturated rings. The quantitative estimate of drug-likeness (QED) is 0.425. The number of nitrogens with zero attached hydrogens (tertiary/aromatic N) is 2. The SMILES string of the molecule is COC(=O)CCCCCNC(=O)c1cn(-c2ccccc2)nc1-c1cccc(C)c1. The van der Waals surface area contributed by atoms with Crippen molar-refractivity contribution >= 4 is 11.9 Å². The number of esters is 1. The number of nitrogens with one attached hydrogen (secondary N) is 1. The summed E-state index contributed by atoms with van der Waals surface area (Å²) in [5.74, 6) is -0.350. The van der Waals surface area contributed by atoms with E-state index in [4.69, 9.17) is 5.10 Å². The zero-order valence-corrected chi connectivity index (χ0v) is 17.4. The van der Waals surface area contributed by atoms with Crippen LogP contribution in [-0.2, 0) is 9.53 Å². The van der Waals surface area contributed by atoms with Crippen LogP contribution in [0.15, 0.2) is 60.8 Å². The number of hydrogen-bond acceptors (Lipinski definition) is 4. The lowest BCUT2D eigenvalue weighted by Gasteiger charge is -2.06. The number of carbonyl (C=O) groups is 2. The Hall–Kier alpha value is -3.41. The number of para-hydroxylation sites is 1. The average Bonchev–Trinajstić information content (AvgIpc) is 3.22. The van der Waals surface area contributed by atoms with Crippen LogP contribution in [-0.4, -0.2) is 35.3 Å². The van der Waals surface area contributed by atoms with Gasteiger partial charge in [-0.3, -0.25) is 9.59 Å². The molecule has 1 heterocycles. The van der Waals surface area contributed by atoms with Crippen LogP contribution in [0.2, 0.25) is 0 Å².